The molecule has 2 aromatic carbocycles. The van der Waals surface area contributed by atoms with E-state index in [1.165, 1.54) is 31.1 Å². The molecular formula is C24H25Cl2F4NO2. The van der Waals surface area contributed by atoms with Crippen molar-refractivity contribution in [3.8, 4) is 0 Å². The lowest BCUT2D eigenvalue weighted by molar-refractivity contribution is -0.139. The van der Waals surface area contributed by atoms with Gasteiger partial charge in [-0.25, -0.2) is 4.39 Å². The van der Waals surface area contributed by atoms with Crippen molar-refractivity contribution in [3.63, 3.8) is 0 Å². The maximum absolute atomic E-state index is 13.4. The lowest BCUT2D eigenvalue weighted by Gasteiger charge is -2.20. The second-order valence-electron chi connectivity index (χ2n) is 7.59. The number of nitrogens with one attached hydrogen (secondary N) is 1. The van der Waals surface area contributed by atoms with Crippen molar-refractivity contribution in [3.05, 3.63) is 74.5 Å². The van der Waals surface area contributed by atoms with Crippen LogP contribution < -0.4 is 5.32 Å². The monoisotopic (exact) mass is 505 g/mol. The Hall–Kier alpha value is -1.93. The molecule has 3 rings (SSSR count). The molecular weight excluding hydrogens is 481 g/mol. The normalized spacial score (nSPS) is 15.8. The number of rotatable bonds is 5. The third-order valence-corrected chi connectivity index (χ3v) is 5.80. The van der Waals surface area contributed by atoms with E-state index in [4.69, 9.17) is 27.9 Å². The van der Waals surface area contributed by atoms with Gasteiger partial charge in [0.25, 0.3) is 0 Å². The van der Waals surface area contributed by atoms with Gasteiger partial charge in [-0.05, 0) is 55.6 Å². The molecule has 1 N–H and O–H groups in total. The maximum atomic E-state index is 13.4. The molecule has 2 aromatic rings. The molecule has 0 bridgehead atoms. The standard InChI is InChI=1S/C18H12Cl2F4O.C6H13NO/c1-10-6-11(2-4-12(10)9-25)3-5-14(18(22,23)24)13-7-15(19)17(21)16(20)8-13;1-7-6-2-4-8-5-3-6/h2-9,14H,1H3;6-7H,2-5H2,1H3/b5-3+;. The zero-order valence-corrected chi connectivity index (χ0v) is 19.7. The molecule has 180 valence electrons. The SMILES string of the molecule is CNC1CCOCC1.Cc1cc(/C=C/C(c2cc(Cl)c(F)c(Cl)c2)C(F)(F)F)ccc1C=O. The van der Waals surface area contributed by atoms with Gasteiger partial charge in [0.15, 0.2) is 5.82 Å². The van der Waals surface area contributed by atoms with Crippen LogP contribution in [0.25, 0.3) is 6.08 Å². The van der Waals surface area contributed by atoms with Gasteiger partial charge in [0, 0.05) is 24.8 Å². The molecule has 1 unspecified atom stereocenters. The Morgan fingerprint density at radius 2 is 1.73 bits per heavy atom. The van der Waals surface area contributed by atoms with E-state index in [0.717, 1.165) is 31.4 Å². The van der Waals surface area contributed by atoms with Crippen LogP contribution in [0.1, 0.15) is 45.8 Å². The van der Waals surface area contributed by atoms with Crippen LogP contribution in [0.5, 0.6) is 0 Å². The van der Waals surface area contributed by atoms with Gasteiger partial charge in [0.1, 0.15) is 6.29 Å². The van der Waals surface area contributed by atoms with E-state index < -0.39 is 28.0 Å². The number of hydrogen-bond donors (Lipinski definition) is 1. The van der Waals surface area contributed by atoms with Gasteiger partial charge in [0.05, 0.1) is 16.0 Å². The molecule has 0 saturated carbocycles. The van der Waals surface area contributed by atoms with Crippen molar-refractivity contribution < 1.29 is 27.1 Å². The highest BCUT2D eigenvalue weighted by Gasteiger charge is 2.39. The van der Waals surface area contributed by atoms with Crippen molar-refractivity contribution in [2.75, 3.05) is 20.3 Å². The fourth-order valence-electron chi connectivity index (χ4n) is 3.29. The average molecular weight is 506 g/mol. The Morgan fingerprint density at radius 1 is 1.12 bits per heavy atom. The number of halogens is 6. The van der Waals surface area contributed by atoms with Crippen LogP contribution in [0.15, 0.2) is 36.4 Å². The van der Waals surface area contributed by atoms with Gasteiger partial charge in [0.2, 0.25) is 0 Å². The summed E-state index contributed by atoms with van der Waals surface area (Å²) in [4.78, 5) is 10.8. The number of alkyl halides is 3. The summed E-state index contributed by atoms with van der Waals surface area (Å²) in [6.07, 6.45) is 0.635. The minimum Gasteiger partial charge on any atom is -0.381 e. The van der Waals surface area contributed by atoms with E-state index >= 15 is 0 Å². The van der Waals surface area contributed by atoms with E-state index in [0.29, 0.717) is 29.0 Å². The Morgan fingerprint density at radius 3 is 2.18 bits per heavy atom. The highest BCUT2D eigenvalue weighted by Crippen LogP contribution is 2.39. The maximum Gasteiger partial charge on any atom is 0.399 e. The first-order valence-electron chi connectivity index (χ1n) is 10.3. The molecule has 9 heteroatoms. The van der Waals surface area contributed by atoms with Crippen molar-refractivity contribution in [2.45, 2.75) is 37.9 Å². The summed E-state index contributed by atoms with van der Waals surface area (Å²) in [5.74, 6) is -2.97. The zero-order valence-electron chi connectivity index (χ0n) is 18.2. The summed E-state index contributed by atoms with van der Waals surface area (Å²) in [6.45, 7) is 3.55. The second kappa shape index (κ2) is 12.5. The van der Waals surface area contributed by atoms with Crippen LogP contribution in [0.2, 0.25) is 10.0 Å². The van der Waals surface area contributed by atoms with Gasteiger partial charge in [-0.15, -0.1) is 0 Å². The molecule has 1 fully saturated rings. The Labute approximate surface area is 200 Å². The minimum absolute atomic E-state index is 0.263. The van der Waals surface area contributed by atoms with Gasteiger partial charge in [-0.3, -0.25) is 4.79 Å². The molecule has 0 amide bonds. The topological polar surface area (TPSA) is 38.3 Å². The van der Waals surface area contributed by atoms with Crippen molar-refractivity contribution in [2.24, 2.45) is 0 Å². The number of aryl methyl sites for hydroxylation is 1. The first kappa shape index (κ1) is 27.3. The predicted octanol–water partition coefficient (Wildman–Crippen LogP) is 7.00. The lowest BCUT2D eigenvalue weighted by Crippen LogP contribution is -2.31. The first-order chi connectivity index (χ1) is 15.6. The van der Waals surface area contributed by atoms with Crippen LogP contribution in [0.4, 0.5) is 17.6 Å². The quantitative estimate of drug-likeness (QED) is 0.270. The van der Waals surface area contributed by atoms with E-state index in [-0.39, 0.29) is 5.56 Å². The third-order valence-electron chi connectivity index (χ3n) is 5.25. The fourth-order valence-corrected chi connectivity index (χ4v) is 3.80. The van der Waals surface area contributed by atoms with Crippen LogP contribution in [0.3, 0.4) is 0 Å². The minimum atomic E-state index is -4.61. The number of benzene rings is 2. The molecule has 0 radical (unpaired) electrons. The molecule has 1 heterocycles. The summed E-state index contributed by atoms with van der Waals surface area (Å²) in [5.41, 5.74) is 1.34. The third kappa shape index (κ3) is 8.10. The van der Waals surface area contributed by atoms with Crippen LogP contribution >= 0.6 is 23.2 Å². The summed E-state index contributed by atoms with van der Waals surface area (Å²) in [7, 11) is 2.01. The van der Waals surface area contributed by atoms with E-state index in [2.05, 4.69) is 5.32 Å². The van der Waals surface area contributed by atoms with Crippen LogP contribution in [-0.4, -0.2) is 38.8 Å². The van der Waals surface area contributed by atoms with Crippen molar-refractivity contribution >= 4 is 35.6 Å². The summed E-state index contributed by atoms with van der Waals surface area (Å²) in [6, 6.07) is 7.18. The van der Waals surface area contributed by atoms with Gasteiger partial charge in [-0.1, -0.05) is 53.6 Å². The molecule has 1 atom stereocenters. The number of carbonyl (C=O) groups is 1. The van der Waals surface area contributed by atoms with Gasteiger partial charge in [-0.2, -0.15) is 13.2 Å². The van der Waals surface area contributed by atoms with Gasteiger partial charge < -0.3 is 10.1 Å². The molecule has 1 aliphatic rings. The predicted molar refractivity (Wildman–Crippen MR) is 124 cm³/mol. The average Bonchev–Trinajstić information content (AvgIpc) is 2.77. The smallest absolute Gasteiger partial charge is 0.381 e. The Balaban J connectivity index is 0.000000405. The Kier molecular flexibility index (Phi) is 10.4. The molecule has 1 saturated heterocycles. The highest BCUT2D eigenvalue weighted by atomic mass is 35.5. The highest BCUT2D eigenvalue weighted by molar-refractivity contribution is 6.35. The van der Waals surface area contributed by atoms with Crippen LogP contribution in [0, 0.1) is 12.7 Å². The summed E-state index contributed by atoms with van der Waals surface area (Å²) < 4.78 is 58.8. The fraction of sp³-hybridized carbons (Fsp3) is 0.375. The van der Waals surface area contributed by atoms with Crippen molar-refractivity contribution in [1.82, 2.24) is 5.32 Å². The number of allylic oxidation sites excluding steroid dienone is 1. The number of hydrogen-bond acceptors (Lipinski definition) is 3. The summed E-state index contributed by atoms with van der Waals surface area (Å²) >= 11 is 11.2. The van der Waals surface area contributed by atoms with Gasteiger partial charge >= 0.3 is 6.18 Å². The molecule has 0 spiro atoms. The first-order valence-corrected chi connectivity index (χ1v) is 11.0. The molecule has 1 aliphatic heterocycles. The number of aldehydes is 1. The van der Waals surface area contributed by atoms with E-state index in [1.54, 1.807) is 13.0 Å². The largest absolute Gasteiger partial charge is 0.399 e. The Bertz CT molecular complexity index is 950. The molecule has 33 heavy (non-hydrogen) atoms. The number of ether oxygens (including phenoxy) is 1. The lowest BCUT2D eigenvalue weighted by atomic mass is 9.96. The van der Waals surface area contributed by atoms with Crippen LogP contribution in [-0.2, 0) is 4.74 Å². The molecule has 3 nitrogen and oxygen atoms in total. The molecule has 0 aliphatic carbocycles. The van der Waals surface area contributed by atoms with E-state index in [9.17, 15) is 22.4 Å². The zero-order chi connectivity index (χ0) is 24.6. The number of carbonyl (C=O) groups excluding carboxylic acids is 1. The van der Waals surface area contributed by atoms with Crippen molar-refractivity contribution in [1.29, 1.82) is 0 Å². The summed E-state index contributed by atoms with van der Waals surface area (Å²) in [5, 5.41) is 2.27. The van der Waals surface area contributed by atoms with E-state index in [1.807, 2.05) is 7.05 Å². The molecule has 0 aromatic heterocycles. The second-order valence-corrected chi connectivity index (χ2v) is 8.40.